The Morgan fingerprint density at radius 3 is 1.58 bits per heavy atom. The molecular weight excluding hydrogens is 848 g/mol. The Kier molecular flexibility index (Phi) is 15.5. The minimum Gasteiger partial charge on any atom is -0.497 e. The molecule has 8 amide bonds. The number of nitrogens with one attached hydrogen (secondary N) is 3. The summed E-state index contributed by atoms with van der Waals surface area (Å²) in [5, 5.41) is 25.5. The fourth-order valence-electron chi connectivity index (χ4n) is 7.53. The normalized spacial score (nSPS) is 17.6. The van der Waals surface area contributed by atoms with Crippen LogP contribution in [0.4, 0.5) is 10.1 Å². The molecular formula is C46H47FN6O12. The van der Waals surface area contributed by atoms with E-state index in [1.807, 2.05) is 53.4 Å². The highest BCUT2D eigenvalue weighted by atomic mass is 19.1. The first-order chi connectivity index (χ1) is 31.3. The van der Waals surface area contributed by atoms with Gasteiger partial charge in [0.2, 0.25) is 23.6 Å². The van der Waals surface area contributed by atoms with Gasteiger partial charge in [0, 0.05) is 44.7 Å². The predicted molar refractivity (Wildman–Crippen MR) is 229 cm³/mol. The summed E-state index contributed by atoms with van der Waals surface area (Å²) in [5.41, 5.74) is 3.27. The van der Waals surface area contributed by atoms with Crippen molar-refractivity contribution >= 4 is 52.9 Å². The number of benzene rings is 4. The van der Waals surface area contributed by atoms with Gasteiger partial charge in [-0.15, -0.1) is 0 Å². The molecule has 65 heavy (non-hydrogen) atoms. The summed E-state index contributed by atoms with van der Waals surface area (Å²) in [6.45, 7) is 2.29. The number of rotatable bonds is 13. The Morgan fingerprint density at radius 2 is 1.11 bits per heavy atom. The van der Waals surface area contributed by atoms with Gasteiger partial charge in [0.15, 0.2) is 0 Å². The number of nitrogens with zero attached hydrogens (tertiary/aromatic N) is 3. The number of carbonyl (C=O) groups excluding carboxylic acids is 8. The topological polar surface area (TPSA) is 241 Å². The van der Waals surface area contributed by atoms with E-state index in [1.165, 1.54) is 11.6 Å². The maximum absolute atomic E-state index is 13.2. The molecule has 2 atom stereocenters. The molecule has 4 aliphatic rings. The molecule has 19 heteroatoms. The lowest BCUT2D eigenvalue weighted by Gasteiger charge is -2.27. The number of fused-ring (bicyclic) bond motifs is 2. The van der Waals surface area contributed by atoms with Crippen LogP contribution in [0, 0.1) is 5.82 Å². The molecule has 0 aliphatic carbocycles. The van der Waals surface area contributed by atoms with Crippen molar-refractivity contribution in [3.63, 3.8) is 0 Å². The van der Waals surface area contributed by atoms with E-state index in [2.05, 4.69) is 16.0 Å². The van der Waals surface area contributed by atoms with Crippen molar-refractivity contribution in [1.29, 1.82) is 0 Å². The highest BCUT2D eigenvalue weighted by Gasteiger charge is 2.46. The Hall–Kier alpha value is -7.35. The standard InChI is InChI=1S/C23H23N3O6.C13H9FN2O4.C10H15NO2/c1-32-16-5-2-14(3-6-16)13-25(10-11-27)15-4-7-17-18(12-15)23(31)26(22(17)30)19-8-9-20(28)24-21(19)29;14-6-1-2-7-8(5-6)13(20)16(12(7)19)9-3-4-10(17)15-11(9)18;1-13-10-4-2-9(3-5-10)8-11-6-7-12/h2-7,12,19,27H,8-11,13H2,1H3,(H,24,28,29);1-2,5,9H,3-4H2,(H,15,17,18);2-5,11-12H,6-8H2,1H3. The predicted octanol–water partition coefficient (Wildman–Crippen LogP) is 2.10. The number of hydrogen-bond acceptors (Lipinski definition) is 14. The second-order valence-corrected chi connectivity index (χ2v) is 15.1. The molecule has 2 unspecified atom stereocenters. The minimum absolute atomic E-state index is 0.0537. The number of imide groups is 4. The highest BCUT2D eigenvalue weighted by molar-refractivity contribution is 6.24. The summed E-state index contributed by atoms with van der Waals surface area (Å²) >= 11 is 0. The van der Waals surface area contributed by atoms with Crippen molar-refractivity contribution in [2.45, 2.75) is 50.9 Å². The second kappa shape index (κ2) is 21.3. The molecule has 0 spiro atoms. The fraction of sp³-hybridized carbons (Fsp3) is 0.304. The molecule has 2 saturated heterocycles. The number of anilines is 1. The van der Waals surface area contributed by atoms with Crippen LogP contribution in [0.2, 0.25) is 0 Å². The minimum atomic E-state index is -1.02. The average molecular weight is 895 g/mol. The van der Waals surface area contributed by atoms with Crippen molar-refractivity contribution in [1.82, 2.24) is 25.8 Å². The van der Waals surface area contributed by atoms with Crippen LogP contribution in [0.25, 0.3) is 0 Å². The molecule has 4 heterocycles. The summed E-state index contributed by atoms with van der Waals surface area (Å²) in [5.74, 6) is -3.66. The van der Waals surface area contributed by atoms with Crippen LogP contribution in [0.1, 0.15) is 78.2 Å². The zero-order valence-corrected chi connectivity index (χ0v) is 35.5. The van der Waals surface area contributed by atoms with E-state index in [-0.39, 0.29) is 61.2 Å². The molecule has 4 aromatic rings. The molecule has 8 rings (SSSR count). The first kappa shape index (κ1) is 47.1. The number of piperidine rings is 2. The van der Waals surface area contributed by atoms with Gasteiger partial charge in [0.1, 0.15) is 29.4 Å². The summed E-state index contributed by atoms with van der Waals surface area (Å²) in [4.78, 5) is 100. The van der Waals surface area contributed by atoms with Crippen LogP contribution in [0.15, 0.2) is 84.9 Å². The number of ether oxygens (including phenoxy) is 2. The number of carbonyl (C=O) groups is 8. The molecule has 18 nitrogen and oxygen atoms in total. The summed E-state index contributed by atoms with van der Waals surface area (Å²) in [6, 6.07) is 21.5. The smallest absolute Gasteiger partial charge is 0.262 e. The second-order valence-electron chi connectivity index (χ2n) is 15.1. The molecule has 0 bridgehead atoms. The van der Waals surface area contributed by atoms with Crippen LogP contribution in [-0.4, -0.2) is 120 Å². The zero-order chi connectivity index (χ0) is 46.8. The summed E-state index contributed by atoms with van der Waals surface area (Å²) in [6.07, 6.45) is 0.315. The van der Waals surface area contributed by atoms with E-state index in [4.69, 9.17) is 14.6 Å². The van der Waals surface area contributed by atoms with E-state index in [0.29, 0.717) is 25.3 Å². The van der Waals surface area contributed by atoms with E-state index in [9.17, 15) is 47.9 Å². The summed E-state index contributed by atoms with van der Waals surface area (Å²) < 4.78 is 23.4. The van der Waals surface area contributed by atoms with Crippen molar-refractivity contribution < 1.29 is 62.4 Å². The summed E-state index contributed by atoms with van der Waals surface area (Å²) in [7, 11) is 3.24. The Labute approximate surface area is 372 Å². The number of aliphatic hydroxyl groups excluding tert-OH is 2. The third kappa shape index (κ3) is 10.9. The van der Waals surface area contributed by atoms with E-state index >= 15 is 0 Å². The highest BCUT2D eigenvalue weighted by Crippen LogP contribution is 2.32. The lowest BCUT2D eigenvalue weighted by molar-refractivity contribution is -0.137. The third-order valence-corrected chi connectivity index (χ3v) is 10.9. The molecule has 0 radical (unpaired) electrons. The number of hydrogen-bond donors (Lipinski definition) is 5. The monoisotopic (exact) mass is 894 g/mol. The molecule has 0 saturated carbocycles. The van der Waals surface area contributed by atoms with Gasteiger partial charge < -0.3 is 29.9 Å². The van der Waals surface area contributed by atoms with Gasteiger partial charge in [0.05, 0.1) is 49.7 Å². The van der Waals surface area contributed by atoms with Crippen molar-refractivity contribution in [2.75, 3.05) is 45.4 Å². The zero-order valence-electron chi connectivity index (χ0n) is 35.5. The Morgan fingerprint density at radius 1 is 0.631 bits per heavy atom. The Balaban J connectivity index is 0.000000180. The van der Waals surface area contributed by atoms with Gasteiger partial charge in [-0.3, -0.25) is 58.8 Å². The number of methoxy groups -OCH3 is 2. The largest absolute Gasteiger partial charge is 0.497 e. The maximum atomic E-state index is 13.2. The molecule has 0 aromatic heterocycles. The van der Waals surface area contributed by atoms with Crippen LogP contribution in [0.3, 0.4) is 0 Å². The van der Waals surface area contributed by atoms with Gasteiger partial charge in [-0.05, 0) is 84.6 Å². The lowest BCUT2D eigenvalue weighted by atomic mass is 10.0. The van der Waals surface area contributed by atoms with Crippen LogP contribution in [0.5, 0.6) is 11.5 Å². The lowest BCUT2D eigenvalue weighted by Crippen LogP contribution is -2.54. The number of amides is 8. The third-order valence-electron chi connectivity index (χ3n) is 10.9. The van der Waals surface area contributed by atoms with Gasteiger partial charge in [0.25, 0.3) is 23.6 Å². The van der Waals surface area contributed by atoms with Crippen LogP contribution in [-0.2, 0) is 32.3 Å². The van der Waals surface area contributed by atoms with Gasteiger partial charge in [-0.1, -0.05) is 24.3 Å². The molecule has 4 aliphatic heterocycles. The van der Waals surface area contributed by atoms with Crippen LogP contribution >= 0.6 is 0 Å². The van der Waals surface area contributed by atoms with Crippen LogP contribution < -0.4 is 30.3 Å². The SMILES string of the molecule is COc1ccc(CN(CCO)c2ccc3c(c2)C(=O)N(C2CCC(=O)NC2=O)C3=O)cc1.COc1ccc(CNCCO)cc1.O=C1CCC(N2C(=O)c3ccc(F)cc3C2=O)C(=O)N1. The average Bonchev–Trinajstić information content (AvgIpc) is 3.69. The number of aliphatic hydroxyl groups is 2. The van der Waals surface area contributed by atoms with Crippen molar-refractivity contribution in [3.8, 4) is 11.5 Å². The van der Waals surface area contributed by atoms with Gasteiger partial charge in [-0.25, -0.2) is 4.39 Å². The quantitative estimate of drug-likeness (QED) is 0.0955. The van der Waals surface area contributed by atoms with E-state index < -0.39 is 65.2 Å². The molecule has 5 N–H and O–H groups in total. The first-order valence-corrected chi connectivity index (χ1v) is 20.6. The van der Waals surface area contributed by atoms with Gasteiger partial charge >= 0.3 is 0 Å². The molecule has 4 aromatic carbocycles. The molecule has 340 valence electrons. The fourth-order valence-corrected chi connectivity index (χ4v) is 7.53. The maximum Gasteiger partial charge on any atom is 0.262 e. The van der Waals surface area contributed by atoms with E-state index in [0.717, 1.165) is 45.5 Å². The van der Waals surface area contributed by atoms with E-state index in [1.54, 1.807) is 32.4 Å². The first-order valence-electron chi connectivity index (χ1n) is 20.6. The molecule has 2 fully saturated rings. The van der Waals surface area contributed by atoms with Gasteiger partial charge in [-0.2, -0.15) is 0 Å². The van der Waals surface area contributed by atoms with Crippen molar-refractivity contribution in [3.05, 3.63) is 124 Å². The number of halogens is 1. The van der Waals surface area contributed by atoms with Crippen molar-refractivity contribution in [2.24, 2.45) is 0 Å². The Bertz CT molecular complexity index is 2480.